The van der Waals surface area contributed by atoms with Crippen molar-refractivity contribution in [2.24, 2.45) is 17.8 Å². The minimum absolute atomic E-state index is 0.0156. The Balaban J connectivity index is 1.62. The Labute approximate surface area is 254 Å². The molecule has 2 heterocycles. The summed E-state index contributed by atoms with van der Waals surface area (Å²) in [5.41, 5.74) is -1.64. The number of benzene rings is 2. The van der Waals surface area contributed by atoms with Crippen LogP contribution < -0.4 is 9.64 Å². The number of fused-ring (bicyclic) bond motifs is 4. The molecule has 2 aliphatic heterocycles. The van der Waals surface area contributed by atoms with Crippen LogP contribution in [0.3, 0.4) is 0 Å². The van der Waals surface area contributed by atoms with Crippen LogP contribution in [0.2, 0.25) is 0 Å². The summed E-state index contributed by atoms with van der Waals surface area (Å²) in [5, 5.41) is 19.4. The summed E-state index contributed by atoms with van der Waals surface area (Å²) in [7, 11) is 0. The Morgan fingerprint density at radius 2 is 1.50 bits per heavy atom. The molecule has 2 aromatic carbocycles. The number of nitrogens with zero attached hydrogens (tertiary/aromatic N) is 2. The van der Waals surface area contributed by atoms with E-state index < -0.39 is 105 Å². The Morgan fingerprint density at radius 3 is 2.14 bits per heavy atom. The third-order valence-corrected chi connectivity index (χ3v) is 10.2. The maximum Gasteiger partial charge on any atom is 0.258 e. The summed E-state index contributed by atoms with van der Waals surface area (Å²) in [4.78, 5) is 48.3. The van der Waals surface area contributed by atoms with E-state index in [1.807, 2.05) is 0 Å². The molecular weight excluding hydrogens is 642 g/mol. The number of halogens is 7. The van der Waals surface area contributed by atoms with Crippen LogP contribution in [0.1, 0.15) is 24.3 Å². The Morgan fingerprint density at radius 1 is 0.886 bits per heavy atom. The zero-order valence-corrected chi connectivity index (χ0v) is 23.5. The van der Waals surface area contributed by atoms with E-state index in [0.717, 1.165) is 0 Å². The largest absolute Gasteiger partial charge is 0.491 e. The van der Waals surface area contributed by atoms with E-state index in [0.29, 0.717) is 0 Å². The van der Waals surface area contributed by atoms with Crippen LogP contribution in [0.15, 0.2) is 35.9 Å². The molecule has 4 aliphatic rings. The molecule has 6 rings (SSSR count). The van der Waals surface area contributed by atoms with Crippen molar-refractivity contribution >= 4 is 52.5 Å². The molecule has 16 heteroatoms. The average molecular weight is 661 g/mol. The van der Waals surface area contributed by atoms with Gasteiger partial charge in [-0.25, -0.2) is 26.9 Å². The quantitative estimate of drug-likeness (QED) is 0.0953. The molecule has 0 unspecified atom stereocenters. The van der Waals surface area contributed by atoms with Crippen LogP contribution in [-0.2, 0) is 19.2 Å². The maximum atomic E-state index is 15.0. The Bertz CT molecular complexity index is 1680. The van der Waals surface area contributed by atoms with Gasteiger partial charge in [0.1, 0.15) is 18.0 Å². The topological polar surface area (TPSA) is 124 Å². The van der Waals surface area contributed by atoms with Gasteiger partial charge in [-0.2, -0.15) is 5.06 Å². The number of rotatable bonds is 5. The number of alkyl halides is 2. The SMILES string of the molecule is O=C1[C@H]2[C@H](CC=C3[C@H]2C[C@@]2(Cl)C(=O)N(c4c(F)c(F)c(F)c(F)c4F)C(=O)[C@@]2(Cl)[C@H]3c2ccccc2OCCO)C(=O)N1O. The molecular formula is C28H19Cl2F5N2O7. The number of carbonyl (C=O) groups is 4. The molecule has 9 nitrogen and oxygen atoms in total. The van der Waals surface area contributed by atoms with Crippen LogP contribution in [0.5, 0.6) is 5.75 Å². The molecule has 0 bridgehead atoms. The minimum Gasteiger partial charge on any atom is -0.491 e. The van der Waals surface area contributed by atoms with E-state index in [2.05, 4.69) is 0 Å². The van der Waals surface area contributed by atoms with Crippen molar-refractivity contribution in [1.82, 2.24) is 5.06 Å². The number of amides is 4. The minimum atomic E-state index is -2.72. The molecule has 4 amide bonds. The summed E-state index contributed by atoms with van der Waals surface area (Å²) in [6, 6.07) is 5.82. The molecule has 3 fully saturated rings. The monoisotopic (exact) mass is 660 g/mol. The number of hydrogen-bond donors (Lipinski definition) is 2. The van der Waals surface area contributed by atoms with Gasteiger partial charge in [0.2, 0.25) is 5.82 Å². The highest BCUT2D eigenvalue weighted by Gasteiger charge is 2.77. The normalized spacial score (nSPS) is 31.2. The molecule has 2 aromatic rings. The second-order valence-corrected chi connectivity index (χ2v) is 12.0. The van der Waals surface area contributed by atoms with Crippen LogP contribution in [-0.4, -0.2) is 62.0 Å². The van der Waals surface area contributed by atoms with Gasteiger partial charge in [0.05, 0.1) is 18.4 Å². The number of para-hydroxylation sites is 1. The van der Waals surface area contributed by atoms with E-state index in [-0.39, 0.29) is 39.9 Å². The lowest BCUT2D eigenvalue weighted by Crippen LogP contribution is -2.60. The number of imide groups is 2. The van der Waals surface area contributed by atoms with E-state index >= 15 is 8.78 Å². The van der Waals surface area contributed by atoms with Gasteiger partial charge in [-0.15, -0.1) is 23.2 Å². The highest BCUT2D eigenvalue weighted by molar-refractivity contribution is 6.58. The summed E-state index contributed by atoms with van der Waals surface area (Å²) < 4.78 is 78.1. The molecule has 0 aromatic heterocycles. The third kappa shape index (κ3) is 3.71. The molecule has 44 heavy (non-hydrogen) atoms. The molecule has 2 saturated heterocycles. The van der Waals surface area contributed by atoms with E-state index in [4.69, 9.17) is 27.9 Å². The first-order valence-corrected chi connectivity index (χ1v) is 13.9. The fourth-order valence-corrected chi connectivity index (χ4v) is 7.83. The summed E-state index contributed by atoms with van der Waals surface area (Å²) >= 11 is 14.0. The smallest absolute Gasteiger partial charge is 0.258 e. The Kier molecular flexibility index (Phi) is 7.07. The van der Waals surface area contributed by atoms with Gasteiger partial charge >= 0.3 is 0 Å². The second kappa shape index (κ2) is 10.2. The zero-order valence-electron chi connectivity index (χ0n) is 22.0. The molecule has 2 aliphatic carbocycles. The van der Waals surface area contributed by atoms with Gasteiger partial charge in [-0.05, 0) is 24.8 Å². The molecule has 2 N–H and O–H groups in total. The number of aliphatic hydroxyl groups excluding tert-OH is 1. The number of ether oxygens (including phenoxy) is 1. The van der Waals surface area contributed by atoms with Crippen molar-refractivity contribution in [2.75, 3.05) is 18.1 Å². The van der Waals surface area contributed by atoms with Gasteiger partial charge in [0.15, 0.2) is 33.0 Å². The lowest BCUT2D eigenvalue weighted by molar-refractivity contribution is -0.173. The Hall–Kier alpha value is -3.59. The number of carbonyl (C=O) groups excluding carboxylic acids is 4. The number of aliphatic hydroxyl groups is 1. The van der Waals surface area contributed by atoms with Gasteiger partial charge < -0.3 is 9.84 Å². The number of hydroxylamine groups is 2. The first-order chi connectivity index (χ1) is 20.7. The number of allylic oxidation sites excluding steroid dienone is 2. The van der Waals surface area contributed by atoms with Crippen LogP contribution in [0, 0.1) is 46.8 Å². The summed E-state index contributed by atoms with van der Waals surface area (Å²) in [6.07, 6.45) is 0.646. The fourth-order valence-electron chi connectivity index (χ4n) is 6.90. The molecule has 0 spiro atoms. The van der Waals surface area contributed by atoms with E-state index in [1.54, 1.807) is 0 Å². The van der Waals surface area contributed by atoms with E-state index in [9.17, 15) is 42.7 Å². The molecule has 232 valence electrons. The number of hydrogen-bond acceptors (Lipinski definition) is 7. The molecule has 6 atom stereocenters. The summed E-state index contributed by atoms with van der Waals surface area (Å²) in [6.45, 7) is -0.706. The maximum absolute atomic E-state index is 15.0. The average Bonchev–Trinajstić information content (AvgIpc) is 3.32. The highest BCUT2D eigenvalue weighted by Crippen LogP contribution is 2.66. The third-order valence-electron chi connectivity index (χ3n) is 8.78. The highest BCUT2D eigenvalue weighted by atomic mass is 35.5. The van der Waals surface area contributed by atoms with Crippen LogP contribution in [0.4, 0.5) is 27.6 Å². The van der Waals surface area contributed by atoms with Crippen molar-refractivity contribution in [3.05, 3.63) is 70.6 Å². The molecule has 0 radical (unpaired) electrons. The standard InChI is InChI=1S/C28H19Cl2F5N2O7/c29-27-9-13-10(5-6-12-15(13)24(40)37(43)23(12)39)16(11-3-1-2-4-14(11)44-8-7-38)28(27,30)26(42)36(25(27)41)22-20(34)18(32)17(31)19(33)21(22)35/h1-5,12-13,15-16,38,43H,6-9H2/t12-,13+,15-,16+,27+,28-/m0/s1. The van der Waals surface area contributed by atoms with Crippen LogP contribution in [0.25, 0.3) is 0 Å². The fraction of sp³-hybridized carbons (Fsp3) is 0.357. The predicted molar refractivity (Wildman–Crippen MR) is 139 cm³/mol. The zero-order chi connectivity index (χ0) is 32.0. The second-order valence-electron chi connectivity index (χ2n) is 10.8. The van der Waals surface area contributed by atoms with Crippen molar-refractivity contribution < 1.29 is 56.2 Å². The van der Waals surface area contributed by atoms with Crippen molar-refractivity contribution in [3.63, 3.8) is 0 Å². The van der Waals surface area contributed by atoms with Gasteiger partial charge in [0, 0.05) is 11.5 Å². The van der Waals surface area contributed by atoms with Crippen molar-refractivity contribution in [2.45, 2.75) is 28.5 Å². The van der Waals surface area contributed by atoms with Crippen molar-refractivity contribution in [1.29, 1.82) is 0 Å². The number of anilines is 1. The lowest BCUT2D eigenvalue weighted by Gasteiger charge is -2.50. The van der Waals surface area contributed by atoms with E-state index in [1.165, 1.54) is 30.3 Å². The predicted octanol–water partition coefficient (Wildman–Crippen LogP) is 3.71. The molecule has 1 saturated carbocycles. The lowest BCUT2D eigenvalue weighted by atomic mass is 9.56. The first kappa shape index (κ1) is 30.4. The van der Waals surface area contributed by atoms with Gasteiger partial charge in [0.25, 0.3) is 23.6 Å². The first-order valence-electron chi connectivity index (χ1n) is 13.1. The summed E-state index contributed by atoms with van der Waals surface area (Å²) in [5.74, 6) is -22.7. The van der Waals surface area contributed by atoms with Crippen molar-refractivity contribution in [3.8, 4) is 5.75 Å². The van der Waals surface area contributed by atoms with Gasteiger partial charge in [-0.3, -0.25) is 24.4 Å². The van der Waals surface area contributed by atoms with Crippen LogP contribution >= 0.6 is 23.2 Å². The van der Waals surface area contributed by atoms with Gasteiger partial charge in [-0.1, -0.05) is 29.8 Å².